The minimum Gasteiger partial charge on any atom is -0.309 e. The number of nitrogens with one attached hydrogen (secondary N) is 1. The van der Waals surface area contributed by atoms with Crippen LogP contribution in [0.3, 0.4) is 0 Å². The molecule has 0 aliphatic carbocycles. The van der Waals surface area contributed by atoms with Gasteiger partial charge in [-0.25, -0.2) is 0 Å². The standard InChI is InChI=1S/C10H9BrClN/c1-13-6-2-3-8-4-5-9(11)10(12)7-8/h4-5,7,13H,6H2,1H3. The van der Waals surface area contributed by atoms with Crippen molar-refractivity contribution in [3.05, 3.63) is 33.3 Å². The second-order valence-corrected chi connectivity index (χ2v) is 3.72. The average molecular weight is 259 g/mol. The van der Waals surface area contributed by atoms with Gasteiger partial charge in [0.25, 0.3) is 0 Å². The number of halogens is 2. The Labute approximate surface area is 91.6 Å². The van der Waals surface area contributed by atoms with Crippen LogP contribution in [-0.2, 0) is 0 Å². The normalized spacial score (nSPS) is 9.15. The van der Waals surface area contributed by atoms with Gasteiger partial charge >= 0.3 is 0 Å². The first-order chi connectivity index (χ1) is 6.24. The molecule has 0 saturated heterocycles. The lowest BCUT2D eigenvalue weighted by molar-refractivity contribution is 0.938. The fourth-order valence-electron chi connectivity index (χ4n) is 0.809. The molecule has 0 unspecified atom stereocenters. The Morgan fingerprint density at radius 1 is 1.54 bits per heavy atom. The monoisotopic (exact) mass is 257 g/mol. The van der Waals surface area contributed by atoms with Crippen LogP contribution in [0.25, 0.3) is 0 Å². The van der Waals surface area contributed by atoms with Crippen molar-refractivity contribution < 1.29 is 0 Å². The van der Waals surface area contributed by atoms with E-state index >= 15 is 0 Å². The van der Waals surface area contributed by atoms with Crippen LogP contribution in [0.15, 0.2) is 22.7 Å². The number of hydrogen-bond donors (Lipinski definition) is 1. The molecule has 0 radical (unpaired) electrons. The topological polar surface area (TPSA) is 12.0 Å². The van der Waals surface area contributed by atoms with Gasteiger partial charge in [0.05, 0.1) is 11.6 Å². The van der Waals surface area contributed by atoms with Gasteiger partial charge in [-0.2, -0.15) is 0 Å². The quantitative estimate of drug-likeness (QED) is 0.764. The van der Waals surface area contributed by atoms with Gasteiger partial charge in [0.15, 0.2) is 0 Å². The number of hydrogen-bond acceptors (Lipinski definition) is 1. The van der Waals surface area contributed by atoms with E-state index in [9.17, 15) is 0 Å². The molecule has 0 bridgehead atoms. The molecule has 0 aliphatic heterocycles. The van der Waals surface area contributed by atoms with Crippen LogP contribution in [0.1, 0.15) is 5.56 Å². The largest absolute Gasteiger partial charge is 0.309 e. The lowest BCUT2D eigenvalue weighted by Gasteiger charge is -1.95. The van der Waals surface area contributed by atoms with Crippen LogP contribution in [0.5, 0.6) is 0 Å². The Morgan fingerprint density at radius 2 is 2.31 bits per heavy atom. The lowest BCUT2D eigenvalue weighted by atomic mass is 10.2. The third kappa shape index (κ3) is 3.40. The summed E-state index contributed by atoms with van der Waals surface area (Å²) >= 11 is 9.22. The number of benzene rings is 1. The van der Waals surface area contributed by atoms with E-state index in [1.807, 2.05) is 25.2 Å². The van der Waals surface area contributed by atoms with Crippen molar-refractivity contribution >= 4 is 27.5 Å². The van der Waals surface area contributed by atoms with Crippen molar-refractivity contribution in [3.8, 4) is 11.8 Å². The van der Waals surface area contributed by atoms with Crippen molar-refractivity contribution in [1.82, 2.24) is 5.32 Å². The smallest absolute Gasteiger partial charge is 0.0577 e. The van der Waals surface area contributed by atoms with Gasteiger partial charge in [-0.1, -0.05) is 23.4 Å². The summed E-state index contributed by atoms with van der Waals surface area (Å²) in [5.41, 5.74) is 0.934. The van der Waals surface area contributed by atoms with Crippen molar-refractivity contribution in [2.24, 2.45) is 0 Å². The van der Waals surface area contributed by atoms with Crippen LogP contribution in [0.2, 0.25) is 5.02 Å². The highest BCUT2D eigenvalue weighted by Crippen LogP contribution is 2.22. The SMILES string of the molecule is CNCC#Cc1ccc(Br)c(Cl)c1. The molecule has 3 heteroatoms. The zero-order valence-corrected chi connectivity index (χ0v) is 9.54. The molecule has 0 aromatic heterocycles. The molecule has 1 aromatic carbocycles. The molecule has 0 aliphatic rings. The molecular weight excluding hydrogens is 249 g/mol. The lowest BCUT2D eigenvalue weighted by Crippen LogP contribution is -2.04. The Hall–Kier alpha value is -0.490. The summed E-state index contributed by atoms with van der Waals surface area (Å²) in [6.45, 7) is 0.688. The molecule has 1 nitrogen and oxygen atoms in total. The van der Waals surface area contributed by atoms with E-state index in [-0.39, 0.29) is 0 Å². The second-order valence-electron chi connectivity index (χ2n) is 2.46. The van der Waals surface area contributed by atoms with Crippen molar-refractivity contribution in [2.45, 2.75) is 0 Å². The Bertz CT molecular complexity index is 352. The molecule has 13 heavy (non-hydrogen) atoms. The van der Waals surface area contributed by atoms with E-state index < -0.39 is 0 Å². The molecule has 0 saturated carbocycles. The third-order valence-electron chi connectivity index (χ3n) is 1.42. The minimum absolute atomic E-state index is 0.688. The van der Waals surface area contributed by atoms with Crippen molar-refractivity contribution in [1.29, 1.82) is 0 Å². The van der Waals surface area contributed by atoms with Gasteiger partial charge in [-0.15, -0.1) is 0 Å². The van der Waals surface area contributed by atoms with E-state index in [4.69, 9.17) is 11.6 Å². The zero-order chi connectivity index (χ0) is 9.68. The van der Waals surface area contributed by atoms with Crippen LogP contribution in [-0.4, -0.2) is 13.6 Å². The maximum Gasteiger partial charge on any atom is 0.0577 e. The molecular formula is C10H9BrClN. The Balaban J connectivity index is 2.81. The van der Waals surface area contributed by atoms with Gasteiger partial charge in [0.2, 0.25) is 0 Å². The third-order valence-corrected chi connectivity index (χ3v) is 2.65. The van der Waals surface area contributed by atoms with Gasteiger partial charge in [0, 0.05) is 10.0 Å². The van der Waals surface area contributed by atoms with Crippen LogP contribution < -0.4 is 5.32 Å². The molecule has 0 amide bonds. The molecule has 1 rings (SSSR count). The van der Waals surface area contributed by atoms with E-state index in [1.54, 1.807) is 0 Å². The highest BCUT2D eigenvalue weighted by Gasteiger charge is 1.95. The summed E-state index contributed by atoms with van der Waals surface area (Å²) in [4.78, 5) is 0. The molecule has 0 spiro atoms. The average Bonchev–Trinajstić information content (AvgIpc) is 2.12. The van der Waals surface area contributed by atoms with Crippen molar-refractivity contribution in [3.63, 3.8) is 0 Å². The summed E-state index contributed by atoms with van der Waals surface area (Å²) in [5, 5.41) is 3.64. The van der Waals surface area contributed by atoms with Crippen molar-refractivity contribution in [2.75, 3.05) is 13.6 Å². The van der Waals surface area contributed by atoms with Gasteiger partial charge in [-0.05, 0) is 41.2 Å². The first-order valence-electron chi connectivity index (χ1n) is 3.82. The molecule has 0 fully saturated rings. The fraction of sp³-hybridized carbons (Fsp3) is 0.200. The highest BCUT2D eigenvalue weighted by atomic mass is 79.9. The predicted molar refractivity (Wildman–Crippen MR) is 60.0 cm³/mol. The summed E-state index contributed by atoms with van der Waals surface area (Å²) in [5.74, 6) is 5.96. The zero-order valence-electron chi connectivity index (χ0n) is 7.20. The summed E-state index contributed by atoms with van der Waals surface area (Å²) in [6, 6.07) is 5.67. The van der Waals surface area contributed by atoms with Crippen LogP contribution >= 0.6 is 27.5 Å². The first-order valence-corrected chi connectivity index (χ1v) is 4.99. The Kier molecular flexibility index (Phi) is 4.31. The first kappa shape index (κ1) is 10.6. The molecule has 68 valence electrons. The predicted octanol–water partition coefficient (Wildman–Crippen LogP) is 2.67. The highest BCUT2D eigenvalue weighted by molar-refractivity contribution is 9.10. The molecule has 1 aromatic rings. The van der Waals surface area contributed by atoms with E-state index in [0.717, 1.165) is 10.0 Å². The summed E-state index contributed by atoms with van der Waals surface area (Å²) in [7, 11) is 1.86. The molecule has 0 atom stereocenters. The molecule has 0 heterocycles. The fourth-order valence-corrected chi connectivity index (χ4v) is 1.24. The van der Waals surface area contributed by atoms with E-state index in [2.05, 4.69) is 33.1 Å². The molecule has 1 N–H and O–H groups in total. The maximum absolute atomic E-state index is 5.90. The number of rotatable bonds is 1. The summed E-state index contributed by atoms with van der Waals surface area (Å²) < 4.78 is 0.897. The van der Waals surface area contributed by atoms with Crippen LogP contribution in [0.4, 0.5) is 0 Å². The van der Waals surface area contributed by atoms with Gasteiger partial charge in [-0.3, -0.25) is 0 Å². The summed E-state index contributed by atoms with van der Waals surface area (Å²) in [6.07, 6.45) is 0. The minimum atomic E-state index is 0.688. The Morgan fingerprint density at radius 3 is 2.92 bits per heavy atom. The van der Waals surface area contributed by atoms with E-state index in [1.165, 1.54) is 0 Å². The van der Waals surface area contributed by atoms with Gasteiger partial charge in [0.1, 0.15) is 0 Å². The second kappa shape index (κ2) is 5.29. The van der Waals surface area contributed by atoms with Crippen LogP contribution in [0, 0.1) is 11.8 Å². The van der Waals surface area contributed by atoms with Gasteiger partial charge < -0.3 is 5.32 Å². The van der Waals surface area contributed by atoms with E-state index in [0.29, 0.717) is 11.6 Å². The maximum atomic E-state index is 5.90.